The van der Waals surface area contributed by atoms with Crippen LogP contribution in [0, 0.1) is 17.3 Å². The van der Waals surface area contributed by atoms with Crippen LogP contribution < -0.4 is 5.73 Å². The zero-order valence-electron chi connectivity index (χ0n) is 13.0. The lowest BCUT2D eigenvalue weighted by Crippen LogP contribution is -2.50. The van der Waals surface area contributed by atoms with Gasteiger partial charge in [0.05, 0.1) is 11.5 Å². The van der Waals surface area contributed by atoms with Crippen molar-refractivity contribution in [3.05, 3.63) is 0 Å². The van der Waals surface area contributed by atoms with E-state index < -0.39 is 5.41 Å². The van der Waals surface area contributed by atoms with Crippen molar-refractivity contribution >= 4 is 11.8 Å². The van der Waals surface area contributed by atoms with E-state index in [-0.39, 0.29) is 23.8 Å². The van der Waals surface area contributed by atoms with Crippen molar-refractivity contribution in [2.24, 2.45) is 23.0 Å². The van der Waals surface area contributed by atoms with Gasteiger partial charge in [-0.2, -0.15) is 0 Å². The molecule has 2 N–H and O–H groups in total. The molecule has 2 aliphatic rings. The highest BCUT2D eigenvalue weighted by Crippen LogP contribution is 2.42. The predicted octanol–water partition coefficient (Wildman–Crippen LogP) is 2.32. The van der Waals surface area contributed by atoms with Crippen molar-refractivity contribution in [1.29, 1.82) is 0 Å². The molecule has 0 spiro atoms. The van der Waals surface area contributed by atoms with E-state index in [0.717, 1.165) is 12.8 Å². The Morgan fingerprint density at radius 2 is 1.85 bits per heavy atom. The van der Waals surface area contributed by atoms with Gasteiger partial charge in [0.25, 0.3) is 0 Å². The summed E-state index contributed by atoms with van der Waals surface area (Å²) in [7, 11) is 0. The molecule has 0 aromatic rings. The van der Waals surface area contributed by atoms with E-state index in [9.17, 15) is 9.59 Å². The lowest BCUT2D eigenvalue weighted by Gasteiger charge is -2.36. The Balaban J connectivity index is 2.21. The second-order valence-corrected chi connectivity index (χ2v) is 7.02. The molecule has 2 rings (SSSR count). The Morgan fingerprint density at radius 3 is 2.30 bits per heavy atom. The molecule has 2 amide bonds. The lowest BCUT2D eigenvalue weighted by atomic mass is 9.77. The molecular weight excluding hydrogens is 252 g/mol. The highest BCUT2D eigenvalue weighted by molar-refractivity contribution is 6.06. The number of amides is 2. The number of hydrogen-bond acceptors (Lipinski definition) is 3. The minimum atomic E-state index is -0.542. The van der Waals surface area contributed by atoms with Crippen LogP contribution in [0.25, 0.3) is 0 Å². The Hall–Kier alpha value is -0.900. The van der Waals surface area contributed by atoms with Crippen LogP contribution in [0.3, 0.4) is 0 Å². The molecule has 1 saturated heterocycles. The molecule has 0 radical (unpaired) electrons. The van der Waals surface area contributed by atoms with Crippen LogP contribution in [0.4, 0.5) is 0 Å². The molecule has 2 fully saturated rings. The van der Waals surface area contributed by atoms with Gasteiger partial charge >= 0.3 is 0 Å². The number of carbonyl (C=O) groups excluding carboxylic acids is 2. The summed E-state index contributed by atoms with van der Waals surface area (Å²) in [6.45, 7) is 6.36. The Bertz CT molecular complexity index is 388. The maximum Gasteiger partial charge on any atom is 0.236 e. The number of likely N-dealkylation sites (tertiary alicyclic amines) is 1. The van der Waals surface area contributed by atoms with Crippen LogP contribution in [0.2, 0.25) is 0 Å². The van der Waals surface area contributed by atoms with Gasteiger partial charge < -0.3 is 5.73 Å². The summed E-state index contributed by atoms with van der Waals surface area (Å²) in [6, 6.07) is -0.0872. The fourth-order valence-electron chi connectivity index (χ4n) is 3.68. The largest absolute Gasteiger partial charge is 0.328 e. The highest BCUT2D eigenvalue weighted by atomic mass is 16.2. The van der Waals surface area contributed by atoms with Gasteiger partial charge in [0.1, 0.15) is 0 Å². The standard InChI is InChI=1S/C16H28N2O2/c1-11(2)16(3)9-14(19)18(15(16)20)13(10-17)12-7-5-4-6-8-12/h11-13H,4-10,17H2,1-3H3. The average Bonchev–Trinajstić information content (AvgIpc) is 2.66. The molecule has 0 bridgehead atoms. The SMILES string of the molecule is CC(C)C1(C)CC(=O)N(C(CN)C2CCCCC2)C1=O. The van der Waals surface area contributed by atoms with Crippen molar-refractivity contribution in [2.45, 2.75) is 65.3 Å². The summed E-state index contributed by atoms with van der Waals surface area (Å²) in [5, 5.41) is 0. The van der Waals surface area contributed by atoms with Gasteiger partial charge in [0.15, 0.2) is 0 Å². The van der Waals surface area contributed by atoms with E-state index in [1.165, 1.54) is 24.2 Å². The molecule has 4 nitrogen and oxygen atoms in total. The summed E-state index contributed by atoms with van der Waals surface area (Å²) < 4.78 is 0. The van der Waals surface area contributed by atoms with Gasteiger partial charge in [-0.25, -0.2) is 0 Å². The fourth-order valence-corrected chi connectivity index (χ4v) is 3.68. The molecule has 1 aliphatic heterocycles. The normalized spacial score (nSPS) is 30.4. The zero-order valence-corrected chi connectivity index (χ0v) is 13.0. The first-order valence-corrected chi connectivity index (χ1v) is 7.98. The maximum absolute atomic E-state index is 12.8. The smallest absolute Gasteiger partial charge is 0.236 e. The minimum absolute atomic E-state index is 0.00137. The molecular formula is C16H28N2O2. The third-order valence-corrected chi connectivity index (χ3v) is 5.54. The number of imide groups is 1. The summed E-state index contributed by atoms with van der Waals surface area (Å²) in [6.07, 6.45) is 6.18. The summed E-state index contributed by atoms with van der Waals surface area (Å²) in [5.74, 6) is 0.552. The monoisotopic (exact) mass is 280 g/mol. The van der Waals surface area contributed by atoms with Gasteiger partial charge in [0, 0.05) is 13.0 Å². The van der Waals surface area contributed by atoms with Crippen molar-refractivity contribution < 1.29 is 9.59 Å². The molecule has 0 aromatic carbocycles. The lowest BCUT2D eigenvalue weighted by molar-refractivity contribution is -0.146. The summed E-state index contributed by atoms with van der Waals surface area (Å²) >= 11 is 0. The van der Waals surface area contributed by atoms with Gasteiger partial charge in [-0.3, -0.25) is 14.5 Å². The van der Waals surface area contributed by atoms with Crippen molar-refractivity contribution in [2.75, 3.05) is 6.54 Å². The van der Waals surface area contributed by atoms with Crippen LogP contribution in [-0.4, -0.2) is 29.3 Å². The number of nitrogens with two attached hydrogens (primary N) is 1. The van der Waals surface area contributed by atoms with E-state index in [1.807, 2.05) is 20.8 Å². The third-order valence-electron chi connectivity index (χ3n) is 5.54. The summed E-state index contributed by atoms with van der Waals surface area (Å²) in [4.78, 5) is 26.7. The Kier molecular flexibility index (Phi) is 4.52. The molecule has 2 unspecified atom stereocenters. The maximum atomic E-state index is 12.8. The highest BCUT2D eigenvalue weighted by Gasteiger charge is 2.52. The van der Waals surface area contributed by atoms with Gasteiger partial charge in [-0.15, -0.1) is 0 Å². The summed E-state index contributed by atoms with van der Waals surface area (Å²) in [5.41, 5.74) is 5.38. The van der Waals surface area contributed by atoms with Gasteiger partial charge in [0.2, 0.25) is 11.8 Å². The van der Waals surface area contributed by atoms with Crippen LogP contribution in [0.15, 0.2) is 0 Å². The first kappa shape index (κ1) is 15.5. The minimum Gasteiger partial charge on any atom is -0.328 e. The first-order valence-electron chi connectivity index (χ1n) is 7.98. The molecule has 114 valence electrons. The zero-order chi connectivity index (χ0) is 14.9. The molecule has 4 heteroatoms. The van der Waals surface area contributed by atoms with Crippen LogP contribution >= 0.6 is 0 Å². The number of nitrogens with zero attached hydrogens (tertiary/aromatic N) is 1. The average molecular weight is 280 g/mol. The van der Waals surface area contributed by atoms with E-state index >= 15 is 0 Å². The molecule has 1 aliphatic carbocycles. The fraction of sp³-hybridized carbons (Fsp3) is 0.875. The number of rotatable bonds is 4. The van der Waals surface area contributed by atoms with E-state index in [0.29, 0.717) is 18.9 Å². The second kappa shape index (κ2) is 5.84. The molecule has 0 aromatic heterocycles. The number of hydrogen-bond donors (Lipinski definition) is 1. The number of carbonyl (C=O) groups is 2. The molecule has 2 atom stereocenters. The topological polar surface area (TPSA) is 63.4 Å². The Morgan fingerprint density at radius 1 is 1.25 bits per heavy atom. The van der Waals surface area contributed by atoms with E-state index in [1.54, 1.807) is 0 Å². The molecule has 20 heavy (non-hydrogen) atoms. The second-order valence-electron chi connectivity index (χ2n) is 7.02. The first-order chi connectivity index (χ1) is 9.41. The Labute approximate surface area is 122 Å². The quantitative estimate of drug-likeness (QED) is 0.804. The third kappa shape index (κ3) is 2.50. The van der Waals surface area contributed by atoms with Crippen molar-refractivity contribution in [3.8, 4) is 0 Å². The van der Waals surface area contributed by atoms with E-state index in [2.05, 4.69) is 0 Å². The van der Waals surface area contributed by atoms with E-state index in [4.69, 9.17) is 5.73 Å². The molecule has 1 heterocycles. The van der Waals surface area contributed by atoms with Crippen molar-refractivity contribution in [3.63, 3.8) is 0 Å². The van der Waals surface area contributed by atoms with Crippen LogP contribution in [0.1, 0.15) is 59.3 Å². The van der Waals surface area contributed by atoms with Crippen molar-refractivity contribution in [1.82, 2.24) is 4.90 Å². The predicted molar refractivity (Wildman–Crippen MR) is 78.8 cm³/mol. The van der Waals surface area contributed by atoms with Gasteiger partial charge in [-0.1, -0.05) is 33.1 Å². The van der Waals surface area contributed by atoms with Gasteiger partial charge in [-0.05, 0) is 31.6 Å². The molecule has 1 saturated carbocycles. The van der Waals surface area contributed by atoms with Crippen LogP contribution in [-0.2, 0) is 9.59 Å². The van der Waals surface area contributed by atoms with Crippen LogP contribution in [0.5, 0.6) is 0 Å².